The average molecular weight is 228 g/mol. The van der Waals surface area contributed by atoms with Crippen molar-refractivity contribution in [2.24, 2.45) is 5.92 Å². The first kappa shape index (κ1) is 10.1. The summed E-state index contributed by atoms with van der Waals surface area (Å²) in [6, 6.07) is 0. The molecule has 0 aliphatic heterocycles. The molecular formula is C9H12N2OS2. The fourth-order valence-electron chi connectivity index (χ4n) is 1.71. The molecule has 2 rings (SSSR count). The Labute approximate surface area is 91.5 Å². The molecule has 1 fully saturated rings. The summed E-state index contributed by atoms with van der Waals surface area (Å²) in [5.41, 5.74) is 0. The van der Waals surface area contributed by atoms with E-state index in [1.807, 2.05) is 0 Å². The van der Waals surface area contributed by atoms with E-state index in [-0.39, 0.29) is 0 Å². The largest absolute Gasteiger partial charge is 0.299 e. The zero-order chi connectivity index (χ0) is 9.80. The zero-order valence-corrected chi connectivity index (χ0v) is 9.44. The molecule has 1 atom stereocenters. The van der Waals surface area contributed by atoms with Crippen LogP contribution >= 0.6 is 23.3 Å². The molecule has 0 amide bonds. The normalized spacial score (nSPS) is 21.7. The SMILES string of the molecule is O=C1CCCC1CCSc1ncns1. The van der Waals surface area contributed by atoms with Gasteiger partial charge in [0, 0.05) is 18.1 Å². The van der Waals surface area contributed by atoms with Gasteiger partial charge in [0.15, 0.2) is 4.34 Å². The number of carbonyl (C=O) groups is 1. The van der Waals surface area contributed by atoms with Crippen LogP contribution in [0.4, 0.5) is 0 Å². The standard InChI is InChI=1S/C9H12N2OS2/c12-8-3-1-2-7(8)4-5-13-9-10-6-11-14-9/h6-7H,1-5H2. The first-order chi connectivity index (χ1) is 6.86. The summed E-state index contributed by atoms with van der Waals surface area (Å²) in [7, 11) is 0. The summed E-state index contributed by atoms with van der Waals surface area (Å²) in [6.45, 7) is 0. The lowest BCUT2D eigenvalue weighted by molar-refractivity contribution is -0.120. The molecule has 1 aromatic heterocycles. The molecule has 0 bridgehead atoms. The van der Waals surface area contributed by atoms with Crippen LogP contribution in [0.3, 0.4) is 0 Å². The van der Waals surface area contributed by atoms with E-state index >= 15 is 0 Å². The van der Waals surface area contributed by atoms with E-state index in [0.717, 1.165) is 35.8 Å². The highest BCUT2D eigenvalue weighted by Crippen LogP contribution is 2.27. The van der Waals surface area contributed by atoms with E-state index in [0.29, 0.717) is 11.7 Å². The van der Waals surface area contributed by atoms with Gasteiger partial charge in [0.05, 0.1) is 0 Å². The molecule has 0 saturated heterocycles. The van der Waals surface area contributed by atoms with Gasteiger partial charge in [0.2, 0.25) is 0 Å². The molecule has 3 nitrogen and oxygen atoms in total. The molecule has 0 N–H and O–H groups in total. The Kier molecular flexibility index (Phi) is 3.53. The third kappa shape index (κ3) is 2.54. The summed E-state index contributed by atoms with van der Waals surface area (Å²) in [4.78, 5) is 15.4. The summed E-state index contributed by atoms with van der Waals surface area (Å²) in [5, 5.41) is 0. The maximum absolute atomic E-state index is 11.3. The molecule has 1 heterocycles. The highest BCUT2D eigenvalue weighted by molar-refractivity contribution is 8.00. The molecule has 1 unspecified atom stereocenters. The summed E-state index contributed by atoms with van der Waals surface area (Å²) < 4.78 is 4.94. The van der Waals surface area contributed by atoms with Gasteiger partial charge in [-0.1, -0.05) is 11.8 Å². The van der Waals surface area contributed by atoms with Crippen molar-refractivity contribution in [2.45, 2.75) is 30.0 Å². The number of aromatic nitrogens is 2. The Morgan fingerprint density at radius 3 is 3.21 bits per heavy atom. The van der Waals surface area contributed by atoms with Gasteiger partial charge in [-0.2, -0.15) is 4.37 Å². The van der Waals surface area contributed by atoms with Crippen molar-refractivity contribution in [1.29, 1.82) is 0 Å². The van der Waals surface area contributed by atoms with E-state index in [1.54, 1.807) is 18.1 Å². The minimum atomic E-state index is 0.329. The van der Waals surface area contributed by atoms with Crippen molar-refractivity contribution in [2.75, 3.05) is 5.75 Å². The van der Waals surface area contributed by atoms with Crippen LogP contribution in [0.1, 0.15) is 25.7 Å². The highest BCUT2D eigenvalue weighted by atomic mass is 32.2. The number of Topliss-reactive ketones (excluding diaryl/α,β-unsaturated/α-hetero) is 1. The van der Waals surface area contributed by atoms with E-state index in [9.17, 15) is 4.79 Å². The maximum atomic E-state index is 11.3. The molecule has 0 radical (unpaired) electrons. The van der Waals surface area contributed by atoms with Crippen LogP contribution in [0.15, 0.2) is 10.7 Å². The number of ketones is 1. The summed E-state index contributed by atoms with van der Waals surface area (Å²) in [5.74, 6) is 1.78. The van der Waals surface area contributed by atoms with Crippen LogP contribution in [0.5, 0.6) is 0 Å². The Balaban J connectivity index is 1.70. The van der Waals surface area contributed by atoms with Crippen LogP contribution in [0.25, 0.3) is 0 Å². The lowest BCUT2D eigenvalue weighted by atomic mass is 10.1. The van der Waals surface area contributed by atoms with Gasteiger partial charge in [0.1, 0.15) is 12.1 Å². The van der Waals surface area contributed by atoms with Crippen LogP contribution < -0.4 is 0 Å². The smallest absolute Gasteiger partial charge is 0.169 e. The van der Waals surface area contributed by atoms with Gasteiger partial charge in [-0.05, 0) is 30.8 Å². The molecule has 5 heteroatoms. The average Bonchev–Trinajstić information content (AvgIpc) is 2.78. The van der Waals surface area contributed by atoms with Gasteiger partial charge in [-0.25, -0.2) is 4.98 Å². The number of thioether (sulfide) groups is 1. The van der Waals surface area contributed by atoms with Crippen molar-refractivity contribution in [1.82, 2.24) is 9.36 Å². The Bertz CT molecular complexity index is 300. The molecule has 1 aromatic rings. The van der Waals surface area contributed by atoms with Gasteiger partial charge in [0.25, 0.3) is 0 Å². The second-order valence-electron chi connectivity index (χ2n) is 3.40. The van der Waals surface area contributed by atoms with Crippen LogP contribution in [-0.4, -0.2) is 20.9 Å². The fraction of sp³-hybridized carbons (Fsp3) is 0.667. The van der Waals surface area contributed by atoms with Crippen molar-refractivity contribution in [3.63, 3.8) is 0 Å². The van der Waals surface area contributed by atoms with E-state index in [4.69, 9.17) is 0 Å². The second-order valence-corrected chi connectivity index (χ2v) is 5.52. The van der Waals surface area contributed by atoms with Gasteiger partial charge in [-0.3, -0.25) is 4.79 Å². The molecule has 1 saturated carbocycles. The van der Waals surface area contributed by atoms with Gasteiger partial charge >= 0.3 is 0 Å². The summed E-state index contributed by atoms with van der Waals surface area (Å²) >= 11 is 3.13. The highest BCUT2D eigenvalue weighted by Gasteiger charge is 2.23. The Hall–Kier alpha value is -0.420. The van der Waals surface area contributed by atoms with Crippen LogP contribution in [0, 0.1) is 5.92 Å². The lowest BCUT2D eigenvalue weighted by Crippen LogP contribution is -2.06. The molecule has 1 aliphatic carbocycles. The van der Waals surface area contributed by atoms with E-state index in [1.165, 1.54) is 11.5 Å². The Morgan fingerprint density at radius 2 is 2.57 bits per heavy atom. The number of hydrogen-bond acceptors (Lipinski definition) is 5. The van der Waals surface area contributed by atoms with Crippen LogP contribution in [-0.2, 0) is 4.79 Å². The summed E-state index contributed by atoms with van der Waals surface area (Å²) in [6.07, 6.45) is 5.56. The molecule has 0 aromatic carbocycles. The predicted molar refractivity (Wildman–Crippen MR) is 57.6 cm³/mol. The minimum Gasteiger partial charge on any atom is -0.299 e. The maximum Gasteiger partial charge on any atom is 0.169 e. The zero-order valence-electron chi connectivity index (χ0n) is 7.81. The minimum absolute atomic E-state index is 0.329. The third-order valence-electron chi connectivity index (χ3n) is 2.46. The first-order valence-electron chi connectivity index (χ1n) is 4.78. The van der Waals surface area contributed by atoms with Crippen molar-refractivity contribution in [3.8, 4) is 0 Å². The predicted octanol–water partition coefficient (Wildman–Crippen LogP) is 2.39. The number of hydrogen-bond donors (Lipinski definition) is 0. The fourth-order valence-corrected chi connectivity index (χ4v) is 3.28. The number of nitrogens with zero attached hydrogens (tertiary/aromatic N) is 2. The second kappa shape index (κ2) is 4.89. The lowest BCUT2D eigenvalue weighted by Gasteiger charge is -2.04. The van der Waals surface area contributed by atoms with Crippen molar-refractivity contribution >= 4 is 29.1 Å². The topological polar surface area (TPSA) is 42.9 Å². The van der Waals surface area contributed by atoms with Crippen LogP contribution in [0.2, 0.25) is 0 Å². The van der Waals surface area contributed by atoms with Gasteiger partial charge < -0.3 is 0 Å². The molecule has 14 heavy (non-hydrogen) atoms. The number of carbonyl (C=O) groups excluding carboxylic acids is 1. The first-order valence-corrected chi connectivity index (χ1v) is 6.54. The van der Waals surface area contributed by atoms with Crippen molar-refractivity contribution in [3.05, 3.63) is 6.33 Å². The van der Waals surface area contributed by atoms with Gasteiger partial charge in [-0.15, -0.1) is 0 Å². The molecular weight excluding hydrogens is 216 g/mol. The van der Waals surface area contributed by atoms with E-state index in [2.05, 4.69) is 9.36 Å². The van der Waals surface area contributed by atoms with Crippen molar-refractivity contribution < 1.29 is 4.79 Å². The van der Waals surface area contributed by atoms with E-state index < -0.39 is 0 Å². The molecule has 0 spiro atoms. The Morgan fingerprint density at radius 1 is 1.64 bits per heavy atom. The third-order valence-corrected chi connectivity index (χ3v) is 4.29. The monoisotopic (exact) mass is 228 g/mol. The molecule has 1 aliphatic rings. The molecule has 76 valence electrons. The number of rotatable bonds is 4. The quantitative estimate of drug-likeness (QED) is 0.742.